The van der Waals surface area contributed by atoms with Crippen molar-refractivity contribution in [3.05, 3.63) is 12.2 Å². The Morgan fingerprint density at radius 2 is 1.12 bits per heavy atom. The molecule has 8 heteroatoms. The number of hydrogen-bond acceptors (Lipinski definition) is 4. The van der Waals surface area contributed by atoms with Crippen molar-refractivity contribution in [2.45, 2.75) is 29.6 Å². The summed E-state index contributed by atoms with van der Waals surface area (Å²) in [5.41, 5.74) is 0. The van der Waals surface area contributed by atoms with Crippen LogP contribution in [0.4, 0.5) is 14.7 Å². The predicted molar refractivity (Wildman–Crippen MR) is 68.9 cm³/mol. The van der Waals surface area contributed by atoms with E-state index in [-0.39, 0.29) is 5.95 Å². The quantitative estimate of drug-likeness (QED) is 0.655. The molecule has 1 heterocycles. The molecular weight excluding hydrogens is 440 g/mol. The number of rotatable bonds is 3. The molecule has 17 heavy (non-hydrogen) atoms. The molecule has 0 atom stereocenters. The second kappa shape index (κ2) is 5.10. The molecule has 0 saturated heterocycles. The summed E-state index contributed by atoms with van der Waals surface area (Å²) in [6, 6.07) is 0. The van der Waals surface area contributed by atoms with Crippen LogP contribution in [0.2, 0.25) is 29.6 Å². The molecule has 0 spiro atoms. The third-order valence-corrected chi connectivity index (χ3v) is 36.6. The van der Waals surface area contributed by atoms with Crippen LogP contribution in [0.25, 0.3) is 0 Å². The Hall–Kier alpha value is 0.267. The van der Waals surface area contributed by atoms with Gasteiger partial charge in [0.05, 0.1) is 0 Å². The van der Waals surface area contributed by atoms with E-state index in [0.717, 1.165) is 0 Å². The Morgan fingerprint density at radius 3 is 1.41 bits per heavy atom. The van der Waals surface area contributed by atoms with Crippen molar-refractivity contribution in [3.8, 4) is 0 Å². The summed E-state index contributed by atoms with van der Waals surface area (Å²) in [6.45, 7) is 0. The van der Waals surface area contributed by atoms with E-state index in [1.165, 1.54) is 0 Å². The average Bonchev–Trinajstić information content (AvgIpc) is 1.93. The number of halogens is 2. The van der Waals surface area contributed by atoms with Gasteiger partial charge in [-0.05, 0) is 0 Å². The van der Waals surface area contributed by atoms with Crippen molar-refractivity contribution in [2.24, 2.45) is 0 Å². The van der Waals surface area contributed by atoms with Crippen LogP contribution in [-0.2, 0) is 0 Å². The van der Waals surface area contributed by atoms with Gasteiger partial charge in [-0.3, -0.25) is 0 Å². The zero-order valence-corrected chi connectivity index (χ0v) is 16.8. The molecule has 4 nitrogen and oxygen atoms in total. The Kier molecular flexibility index (Phi) is 4.60. The molecule has 96 valence electrons. The topological polar surface area (TPSA) is 41.9 Å². The number of nitrogens with zero attached hydrogens (tertiary/aromatic N) is 4. The first-order chi connectivity index (χ1) is 7.51. The van der Waals surface area contributed by atoms with Gasteiger partial charge in [-0.25, -0.2) is 0 Å². The SMILES string of the molecule is [CH3][Sn]([CH3])([CH3])[N](c1nc(F)nc(F)n1)[Sn]([CH3])([CH3])[CH3]. The first kappa shape index (κ1) is 15.3. The van der Waals surface area contributed by atoms with E-state index >= 15 is 0 Å². The molecule has 0 aliphatic heterocycles. The first-order valence-corrected chi connectivity index (χ1v) is 25.1. The molecule has 0 amide bonds. The zero-order valence-electron chi connectivity index (χ0n) is 11.0. The molecule has 0 unspecified atom stereocenters. The third-order valence-electron chi connectivity index (χ3n) is 2.11. The molecule has 0 aromatic carbocycles. The number of hydrogen-bond donors (Lipinski definition) is 0. The molecule has 1 rings (SSSR count). The van der Waals surface area contributed by atoms with E-state index in [9.17, 15) is 8.78 Å². The van der Waals surface area contributed by atoms with Crippen LogP contribution in [0.15, 0.2) is 0 Å². The van der Waals surface area contributed by atoms with Gasteiger partial charge in [0, 0.05) is 0 Å². The van der Waals surface area contributed by atoms with Gasteiger partial charge in [0.1, 0.15) is 0 Å². The van der Waals surface area contributed by atoms with Crippen LogP contribution >= 0.6 is 0 Å². The van der Waals surface area contributed by atoms with E-state index in [1.54, 1.807) is 0 Å². The predicted octanol–water partition coefficient (Wildman–Crippen LogP) is 2.63. The minimum atomic E-state index is -2.54. The number of anilines is 1. The number of aromatic nitrogens is 3. The molecule has 0 radical (unpaired) electrons. The summed E-state index contributed by atoms with van der Waals surface area (Å²) < 4.78 is 28.3. The van der Waals surface area contributed by atoms with Crippen molar-refractivity contribution < 1.29 is 8.78 Å². The van der Waals surface area contributed by atoms with Gasteiger partial charge in [0.15, 0.2) is 0 Å². The van der Waals surface area contributed by atoms with Crippen molar-refractivity contribution in [2.75, 3.05) is 1.34 Å². The van der Waals surface area contributed by atoms with E-state index in [0.29, 0.717) is 0 Å². The maximum atomic E-state index is 13.1. The normalized spacial score (nSPS) is 12.7. The van der Waals surface area contributed by atoms with Gasteiger partial charge in [-0.1, -0.05) is 0 Å². The van der Waals surface area contributed by atoms with E-state index in [4.69, 9.17) is 0 Å². The van der Waals surface area contributed by atoms with Gasteiger partial charge in [-0.2, -0.15) is 0 Å². The van der Waals surface area contributed by atoms with Crippen LogP contribution in [0.3, 0.4) is 0 Å². The molecule has 1 aromatic heterocycles. The molecule has 0 fully saturated rings. The third kappa shape index (κ3) is 4.14. The van der Waals surface area contributed by atoms with Crippen LogP contribution < -0.4 is 1.34 Å². The van der Waals surface area contributed by atoms with Crippen molar-refractivity contribution in [1.82, 2.24) is 15.0 Å². The Morgan fingerprint density at radius 1 is 0.765 bits per heavy atom. The fourth-order valence-electron chi connectivity index (χ4n) is 2.02. The van der Waals surface area contributed by atoms with Gasteiger partial charge >= 0.3 is 110 Å². The Bertz CT molecular complexity index is 380. The Labute approximate surface area is 109 Å². The summed E-state index contributed by atoms with van der Waals surface area (Å²) in [7, 11) is 0. The monoisotopic (exact) mass is 460 g/mol. The molecular formula is C9H18F2N4Sn2. The molecule has 0 aliphatic carbocycles. The standard InChI is InChI=1S/C3F2N4.6CH3.2Sn/c4-1-7-2(5)9-3(6)8-1;;;;;;;;/h;6*1H3;;. The first-order valence-electron chi connectivity index (χ1n) is 5.39. The molecule has 0 aliphatic rings. The maximum absolute atomic E-state index is 13.1. The summed E-state index contributed by atoms with van der Waals surface area (Å²) >= 11 is -5.07. The Balaban J connectivity index is 3.33. The van der Waals surface area contributed by atoms with Gasteiger partial charge in [0.2, 0.25) is 0 Å². The fraction of sp³-hybridized carbons (Fsp3) is 0.667. The van der Waals surface area contributed by atoms with Crippen molar-refractivity contribution in [1.29, 1.82) is 0 Å². The summed E-state index contributed by atoms with van der Waals surface area (Å²) in [5, 5.41) is 0. The van der Waals surface area contributed by atoms with Crippen LogP contribution in [0, 0.1) is 12.2 Å². The van der Waals surface area contributed by atoms with Gasteiger partial charge in [-0.15, -0.1) is 0 Å². The van der Waals surface area contributed by atoms with Crippen LogP contribution in [-0.4, -0.2) is 52.3 Å². The molecule has 0 N–H and O–H groups in total. The zero-order chi connectivity index (χ0) is 13.4. The summed E-state index contributed by atoms with van der Waals surface area (Å²) in [6.07, 6.45) is -2.08. The van der Waals surface area contributed by atoms with E-state index in [1.807, 2.05) is 0 Å². The summed E-state index contributed by atoms with van der Waals surface area (Å²) in [5.74, 6) is 0.196. The average molecular weight is 458 g/mol. The minimum absolute atomic E-state index is 0.196. The van der Waals surface area contributed by atoms with Crippen LogP contribution in [0.1, 0.15) is 0 Å². The second-order valence-corrected chi connectivity index (χ2v) is 36.8. The van der Waals surface area contributed by atoms with Crippen molar-refractivity contribution in [3.63, 3.8) is 0 Å². The summed E-state index contributed by atoms with van der Waals surface area (Å²) in [4.78, 5) is 23.4. The van der Waals surface area contributed by atoms with Crippen LogP contribution in [0.5, 0.6) is 0 Å². The second-order valence-electron chi connectivity index (χ2n) is 5.85. The van der Waals surface area contributed by atoms with E-state index < -0.39 is 49.5 Å². The molecule has 1 aromatic rings. The fourth-order valence-corrected chi connectivity index (χ4v) is 50.3. The van der Waals surface area contributed by atoms with Crippen molar-refractivity contribution >= 4 is 43.2 Å². The molecule has 0 bridgehead atoms. The molecule has 0 saturated carbocycles. The van der Waals surface area contributed by atoms with E-state index in [2.05, 4.69) is 45.9 Å². The van der Waals surface area contributed by atoms with Gasteiger partial charge in [0.25, 0.3) is 0 Å². The van der Waals surface area contributed by atoms with Gasteiger partial charge < -0.3 is 0 Å².